The Bertz CT molecular complexity index is 910. The third kappa shape index (κ3) is 6.60. The fourth-order valence-corrected chi connectivity index (χ4v) is 4.85. The first-order valence-electron chi connectivity index (χ1n) is 10.4. The minimum atomic E-state index is -3.74. The normalized spacial score (nSPS) is 16.4. The van der Waals surface area contributed by atoms with Crippen LogP contribution < -0.4 is 4.72 Å². The lowest BCUT2D eigenvalue weighted by Gasteiger charge is -2.21. The average Bonchev–Trinajstić information content (AvgIpc) is 3.22. The Balaban J connectivity index is 1.56. The third-order valence-corrected chi connectivity index (χ3v) is 6.90. The highest BCUT2D eigenvalue weighted by molar-refractivity contribution is 7.89. The number of hydrogen-bond acceptors (Lipinski definition) is 7. The van der Waals surface area contributed by atoms with Gasteiger partial charge in [0.1, 0.15) is 4.90 Å². The van der Waals surface area contributed by atoms with E-state index in [9.17, 15) is 18.3 Å². The Morgan fingerprint density at radius 2 is 2.10 bits per heavy atom. The van der Waals surface area contributed by atoms with Crippen LogP contribution in [0, 0.1) is 5.92 Å². The van der Waals surface area contributed by atoms with E-state index in [4.69, 9.17) is 4.52 Å². The molecule has 1 aliphatic carbocycles. The van der Waals surface area contributed by atoms with Gasteiger partial charge in [-0.3, -0.25) is 9.78 Å². The number of nitrogens with one attached hydrogen (secondary N) is 1. The van der Waals surface area contributed by atoms with Crippen molar-refractivity contribution in [2.24, 2.45) is 5.92 Å². The Kier molecular flexibility index (Phi) is 7.92. The molecule has 0 spiro atoms. The maximum absolute atomic E-state index is 12.3. The Morgan fingerprint density at radius 1 is 1.30 bits per heavy atom. The van der Waals surface area contributed by atoms with Crippen LogP contribution in [0.4, 0.5) is 0 Å². The highest BCUT2D eigenvalue weighted by Gasteiger charge is 2.24. The Labute approximate surface area is 176 Å². The van der Waals surface area contributed by atoms with Gasteiger partial charge in [-0.05, 0) is 24.5 Å². The van der Waals surface area contributed by atoms with E-state index in [1.165, 1.54) is 56.6 Å². The molecule has 0 radical (unpaired) electrons. The van der Waals surface area contributed by atoms with Crippen LogP contribution in [-0.2, 0) is 21.4 Å². The van der Waals surface area contributed by atoms with Crippen LogP contribution in [0.1, 0.15) is 75.4 Å². The zero-order chi connectivity index (χ0) is 21.4. The number of sulfonamides is 1. The minimum absolute atomic E-state index is 0.0418. The van der Waals surface area contributed by atoms with E-state index in [2.05, 4.69) is 19.8 Å². The average molecular weight is 437 g/mol. The Morgan fingerprint density at radius 3 is 2.80 bits per heavy atom. The molecule has 1 atom stereocenters. The molecule has 2 aromatic rings. The fraction of sp³-hybridized carbons (Fsp3) is 0.600. The van der Waals surface area contributed by atoms with Gasteiger partial charge < -0.3 is 9.63 Å². The maximum atomic E-state index is 12.3. The third-order valence-electron chi connectivity index (χ3n) is 5.51. The van der Waals surface area contributed by atoms with Crippen molar-refractivity contribution in [3.05, 3.63) is 36.2 Å². The van der Waals surface area contributed by atoms with Gasteiger partial charge in [0.2, 0.25) is 15.9 Å². The van der Waals surface area contributed by atoms with Gasteiger partial charge >= 0.3 is 5.97 Å². The molecule has 1 aliphatic rings. The lowest BCUT2D eigenvalue weighted by Crippen LogP contribution is -2.24. The summed E-state index contributed by atoms with van der Waals surface area (Å²) in [5.74, 6) is -0.155. The SMILES string of the molecule is O=C(O)CC(CCCC1CCCCC1)c1nc(CNS(=O)(=O)c2cccnc2)no1. The molecule has 3 rings (SSSR count). The van der Waals surface area contributed by atoms with Crippen LogP contribution >= 0.6 is 0 Å². The quantitative estimate of drug-likeness (QED) is 0.548. The minimum Gasteiger partial charge on any atom is -0.481 e. The number of hydrogen-bond donors (Lipinski definition) is 2. The van der Waals surface area contributed by atoms with Crippen LogP contribution in [0.2, 0.25) is 0 Å². The molecule has 9 nitrogen and oxygen atoms in total. The van der Waals surface area contributed by atoms with Gasteiger partial charge in [-0.25, -0.2) is 13.1 Å². The number of carbonyl (C=O) groups is 1. The lowest BCUT2D eigenvalue weighted by atomic mass is 9.84. The van der Waals surface area contributed by atoms with E-state index in [1.54, 1.807) is 0 Å². The molecular formula is C20H28N4O5S. The van der Waals surface area contributed by atoms with E-state index in [-0.39, 0.29) is 35.5 Å². The van der Waals surface area contributed by atoms with Crippen molar-refractivity contribution in [2.75, 3.05) is 0 Å². The van der Waals surface area contributed by atoms with Gasteiger partial charge in [0.15, 0.2) is 5.82 Å². The summed E-state index contributed by atoms with van der Waals surface area (Å²) in [6.07, 6.45) is 11.7. The zero-order valence-corrected chi connectivity index (χ0v) is 17.7. The van der Waals surface area contributed by atoms with E-state index in [0.29, 0.717) is 6.42 Å². The highest BCUT2D eigenvalue weighted by atomic mass is 32.2. The highest BCUT2D eigenvalue weighted by Crippen LogP contribution is 2.31. The molecule has 10 heteroatoms. The molecule has 1 saturated carbocycles. The Hall–Kier alpha value is -2.33. The van der Waals surface area contributed by atoms with E-state index < -0.39 is 16.0 Å². The maximum Gasteiger partial charge on any atom is 0.304 e. The summed E-state index contributed by atoms with van der Waals surface area (Å²) >= 11 is 0. The van der Waals surface area contributed by atoms with E-state index in [0.717, 1.165) is 18.8 Å². The molecule has 2 aromatic heterocycles. The molecule has 1 fully saturated rings. The fourth-order valence-electron chi connectivity index (χ4n) is 3.91. The summed E-state index contributed by atoms with van der Waals surface area (Å²) in [5.41, 5.74) is 0. The van der Waals surface area contributed by atoms with E-state index in [1.807, 2.05) is 0 Å². The molecule has 2 N–H and O–H groups in total. The molecule has 0 saturated heterocycles. The molecule has 2 heterocycles. The standard InChI is InChI=1S/C20H28N4O5S/c25-19(26)12-16(9-4-8-15-6-2-1-3-7-15)20-23-18(24-29-20)14-22-30(27,28)17-10-5-11-21-13-17/h5,10-11,13,15-16,22H,1-4,6-9,12,14H2,(H,25,26). The number of aromatic nitrogens is 3. The van der Waals surface area contributed by atoms with Gasteiger partial charge in [-0.2, -0.15) is 4.98 Å². The summed E-state index contributed by atoms with van der Waals surface area (Å²) < 4.78 is 32.2. The van der Waals surface area contributed by atoms with Crippen LogP contribution in [0.3, 0.4) is 0 Å². The first-order valence-corrected chi connectivity index (χ1v) is 11.9. The van der Waals surface area contributed by atoms with Crippen LogP contribution in [0.5, 0.6) is 0 Å². The number of nitrogens with zero attached hydrogens (tertiary/aromatic N) is 3. The van der Waals surface area contributed by atoms with Crippen molar-refractivity contribution in [1.29, 1.82) is 0 Å². The van der Waals surface area contributed by atoms with Crippen molar-refractivity contribution in [3.63, 3.8) is 0 Å². The second-order valence-electron chi connectivity index (χ2n) is 7.79. The molecule has 0 amide bonds. The molecule has 0 bridgehead atoms. The molecule has 164 valence electrons. The monoisotopic (exact) mass is 436 g/mol. The molecule has 1 unspecified atom stereocenters. The summed E-state index contributed by atoms with van der Waals surface area (Å²) in [6, 6.07) is 2.97. The van der Waals surface area contributed by atoms with Gasteiger partial charge in [-0.15, -0.1) is 0 Å². The number of rotatable bonds is 11. The van der Waals surface area contributed by atoms with Gasteiger partial charge in [-0.1, -0.05) is 50.1 Å². The summed E-state index contributed by atoms with van der Waals surface area (Å²) in [4.78, 5) is 19.4. The second kappa shape index (κ2) is 10.6. The van der Waals surface area contributed by atoms with Gasteiger partial charge in [0, 0.05) is 18.3 Å². The van der Waals surface area contributed by atoms with Crippen molar-refractivity contribution in [1.82, 2.24) is 19.8 Å². The van der Waals surface area contributed by atoms with Crippen molar-refractivity contribution in [2.45, 2.75) is 75.1 Å². The van der Waals surface area contributed by atoms with Crippen LogP contribution in [-0.4, -0.2) is 34.6 Å². The van der Waals surface area contributed by atoms with Crippen molar-refractivity contribution in [3.8, 4) is 0 Å². The number of pyridine rings is 1. The first kappa shape index (κ1) is 22.4. The second-order valence-corrected chi connectivity index (χ2v) is 9.56. The number of aliphatic carboxylic acids is 1. The van der Waals surface area contributed by atoms with Crippen molar-refractivity contribution >= 4 is 16.0 Å². The lowest BCUT2D eigenvalue weighted by molar-refractivity contribution is -0.137. The summed E-state index contributed by atoms with van der Waals surface area (Å²) in [5, 5.41) is 13.1. The largest absolute Gasteiger partial charge is 0.481 e. The summed E-state index contributed by atoms with van der Waals surface area (Å²) in [6.45, 7) is -0.150. The predicted molar refractivity (Wildman–Crippen MR) is 108 cm³/mol. The summed E-state index contributed by atoms with van der Waals surface area (Å²) in [7, 11) is -3.74. The first-order chi connectivity index (χ1) is 14.4. The van der Waals surface area contributed by atoms with Gasteiger partial charge in [0.25, 0.3) is 0 Å². The zero-order valence-electron chi connectivity index (χ0n) is 16.9. The predicted octanol–water partition coefficient (Wildman–Crippen LogP) is 3.25. The smallest absolute Gasteiger partial charge is 0.304 e. The topological polar surface area (TPSA) is 135 Å². The van der Waals surface area contributed by atoms with Crippen LogP contribution in [0.15, 0.2) is 33.9 Å². The number of carboxylic acid groups (broad SMARTS) is 1. The number of carboxylic acids is 1. The molecular weight excluding hydrogens is 408 g/mol. The van der Waals surface area contributed by atoms with Gasteiger partial charge in [0.05, 0.1) is 13.0 Å². The molecule has 30 heavy (non-hydrogen) atoms. The molecule has 0 aliphatic heterocycles. The van der Waals surface area contributed by atoms with Crippen LogP contribution in [0.25, 0.3) is 0 Å². The van der Waals surface area contributed by atoms with E-state index >= 15 is 0 Å². The van der Waals surface area contributed by atoms with Crippen molar-refractivity contribution < 1.29 is 22.8 Å². The molecule has 0 aromatic carbocycles.